The van der Waals surface area contributed by atoms with Crippen molar-refractivity contribution in [1.29, 1.82) is 0 Å². The smallest absolute Gasteiger partial charge is 0.206 e. The molecule has 0 amide bonds. The predicted octanol–water partition coefficient (Wildman–Crippen LogP) is 6.22. The van der Waals surface area contributed by atoms with Crippen LogP contribution in [-0.2, 0) is 9.09 Å². The predicted molar refractivity (Wildman–Crippen MR) is 123 cm³/mol. The monoisotopic (exact) mass is 458 g/mol. The van der Waals surface area contributed by atoms with E-state index in [1.165, 1.54) is 11.9 Å². The maximum absolute atomic E-state index is 13.2. The highest BCUT2D eigenvalue weighted by Gasteiger charge is 2.42. The second kappa shape index (κ2) is 8.31. The van der Waals surface area contributed by atoms with Crippen LogP contribution >= 0.6 is 19.0 Å². The topological polar surface area (TPSA) is 69.9 Å². The van der Waals surface area contributed by atoms with E-state index in [-0.39, 0.29) is 11.8 Å². The molecule has 6 nitrogen and oxygen atoms in total. The number of halogens is 1. The van der Waals surface area contributed by atoms with Gasteiger partial charge in [0, 0.05) is 17.5 Å². The van der Waals surface area contributed by atoms with E-state index in [0.29, 0.717) is 28.2 Å². The zero-order valence-corrected chi connectivity index (χ0v) is 19.6. The van der Waals surface area contributed by atoms with E-state index >= 15 is 0 Å². The third-order valence-electron chi connectivity index (χ3n) is 6.99. The van der Waals surface area contributed by atoms with Gasteiger partial charge >= 0.3 is 0 Å². The van der Waals surface area contributed by atoms with E-state index in [9.17, 15) is 4.57 Å². The normalized spacial score (nSPS) is 31.3. The number of nitrogens with zero attached hydrogens (tertiary/aromatic N) is 4. The molecule has 164 valence electrons. The Hall–Kier alpha value is -1.75. The maximum Gasteiger partial charge on any atom is 0.206 e. The van der Waals surface area contributed by atoms with Crippen molar-refractivity contribution in [3.63, 3.8) is 0 Å². The molecule has 1 saturated carbocycles. The summed E-state index contributed by atoms with van der Waals surface area (Å²) in [6, 6.07) is 8.65. The fraction of sp³-hybridized carbons (Fsp3) is 0.522. The lowest BCUT2D eigenvalue weighted by atomic mass is 9.79. The molecule has 3 unspecified atom stereocenters. The Morgan fingerprint density at radius 2 is 1.84 bits per heavy atom. The number of imidazole rings is 1. The molecule has 1 saturated heterocycles. The van der Waals surface area contributed by atoms with E-state index in [1.54, 1.807) is 6.33 Å². The molecule has 5 rings (SSSR count). The fourth-order valence-corrected chi connectivity index (χ4v) is 8.48. The Labute approximate surface area is 187 Å². The minimum atomic E-state index is -2.46. The van der Waals surface area contributed by atoms with Crippen molar-refractivity contribution in [3.05, 3.63) is 47.6 Å². The van der Waals surface area contributed by atoms with Crippen molar-refractivity contribution in [2.75, 3.05) is 6.16 Å². The van der Waals surface area contributed by atoms with E-state index in [0.717, 1.165) is 44.0 Å². The van der Waals surface area contributed by atoms with Gasteiger partial charge in [0.15, 0.2) is 10.8 Å². The summed E-state index contributed by atoms with van der Waals surface area (Å²) in [5.41, 5.74) is 3.91. The summed E-state index contributed by atoms with van der Waals surface area (Å²) in [7, 11) is -2.46. The van der Waals surface area contributed by atoms with Crippen molar-refractivity contribution >= 4 is 30.1 Å². The second-order valence-corrected chi connectivity index (χ2v) is 12.4. The zero-order chi connectivity index (χ0) is 21.6. The van der Waals surface area contributed by atoms with Crippen LogP contribution in [0.2, 0.25) is 5.15 Å². The Morgan fingerprint density at radius 3 is 2.52 bits per heavy atom. The number of hydrogen-bond donors (Lipinski definition) is 0. The van der Waals surface area contributed by atoms with Gasteiger partial charge in [-0.3, -0.25) is 9.13 Å². The molecule has 3 heterocycles. The molecule has 1 aliphatic heterocycles. The molecule has 0 radical (unpaired) electrons. The maximum atomic E-state index is 13.2. The first kappa shape index (κ1) is 21.1. The van der Waals surface area contributed by atoms with Gasteiger partial charge in [0.2, 0.25) is 7.37 Å². The largest absolute Gasteiger partial charge is 0.325 e. The molecule has 1 aliphatic carbocycles. The molecule has 2 aromatic heterocycles. The summed E-state index contributed by atoms with van der Waals surface area (Å²) < 4.78 is 21.0. The van der Waals surface area contributed by atoms with Gasteiger partial charge in [-0.25, -0.2) is 15.0 Å². The SMILES string of the molecule is CC1CC(C)P(=O)(CC2CCC(c3ccc(-n4cnc5c(Cl)ncnc54)cc3)CC2)O1. The minimum Gasteiger partial charge on any atom is -0.325 e. The molecule has 0 N–H and O–H groups in total. The van der Waals surface area contributed by atoms with E-state index < -0.39 is 7.37 Å². The third kappa shape index (κ3) is 4.06. The highest BCUT2D eigenvalue weighted by atomic mass is 35.5. The summed E-state index contributed by atoms with van der Waals surface area (Å²) in [5, 5.41) is 0.367. The van der Waals surface area contributed by atoms with Crippen LogP contribution in [0.1, 0.15) is 57.4 Å². The third-order valence-corrected chi connectivity index (χ3v) is 10.6. The lowest BCUT2D eigenvalue weighted by Gasteiger charge is -2.31. The lowest BCUT2D eigenvalue weighted by Crippen LogP contribution is -2.18. The van der Waals surface area contributed by atoms with Gasteiger partial charge in [0.25, 0.3) is 0 Å². The van der Waals surface area contributed by atoms with Crippen LogP contribution in [0.25, 0.3) is 16.9 Å². The summed E-state index contributed by atoms with van der Waals surface area (Å²) in [4.78, 5) is 12.7. The van der Waals surface area contributed by atoms with Gasteiger partial charge < -0.3 is 4.52 Å². The molecule has 8 heteroatoms. The minimum absolute atomic E-state index is 0.144. The average molecular weight is 459 g/mol. The average Bonchev–Trinajstić information content (AvgIpc) is 3.30. The standard InChI is InChI=1S/C23H28ClN4O2P/c1-15-11-16(2)31(29,30-15)12-17-3-5-18(6-4-17)19-7-9-20(10-8-19)28-14-27-21-22(24)25-13-26-23(21)28/h7-10,13-18H,3-6,11-12H2,1-2H3. The van der Waals surface area contributed by atoms with Crippen LogP contribution in [0.3, 0.4) is 0 Å². The Kier molecular flexibility index (Phi) is 5.66. The number of fused-ring (bicyclic) bond motifs is 1. The Balaban J connectivity index is 1.24. The van der Waals surface area contributed by atoms with Crippen molar-refractivity contribution in [3.8, 4) is 5.69 Å². The first-order valence-electron chi connectivity index (χ1n) is 11.1. The molecule has 3 aromatic rings. The van der Waals surface area contributed by atoms with E-state index in [2.05, 4.69) is 46.1 Å². The van der Waals surface area contributed by atoms with Crippen LogP contribution in [0, 0.1) is 5.92 Å². The van der Waals surface area contributed by atoms with Crippen molar-refractivity contribution in [2.24, 2.45) is 5.92 Å². The van der Waals surface area contributed by atoms with Gasteiger partial charge in [-0.05, 0) is 68.6 Å². The van der Waals surface area contributed by atoms with Gasteiger partial charge in [-0.1, -0.05) is 30.7 Å². The molecule has 2 aliphatic rings. The fourth-order valence-electron chi connectivity index (χ4n) is 5.26. The van der Waals surface area contributed by atoms with Crippen LogP contribution in [-0.4, -0.2) is 37.4 Å². The molecular weight excluding hydrogens is 431 g/mol. The molecule has 3 atom stereocenters. The van der Waals surface area contributed by atoms with Crippen LogP contribution in [0.5, 0.6) is 0 Å². The highest BCUT2D eigenvalue weighted by Crippen LogP contribution is 2.61. The number of hydrogen-bond acceptors (Lipinski definition) is 5. The van der Waals surface area contributed by atoms with Gasteiger partial charge in [0.05, 0.1) is 6.10 Å². The molecule has 0 spiro atoms. The van der Waals surface area contributed by atoms with E-state index in [4.69, 9.17) is 16.1 Å². The molecular formula is C23H28ClN4O2P. The Morgan fingerprint density at radius 1 is 1.10 bits per heavy atom. The van der Waals surface area contributed by atoms with Gasteiger partial charge in [0.1, 0.15) is 18.2 Å². The van der Waals surface area contributed by atoms with Crippen molar-refractivity contribution in [2.45, 2.75) is 63.6 Å². The molecule has 2 fully saturated rings. The molecule has 31 heavy (non-hydrogen) atoms. The van der Waals surface area contributed by atoms with Crippen molar-refractivity contribution in [1.82, 2.24) is 19.5 Å². The van der Waals surface area contributed by atoms with Gasteiger partial charge in [-0.2, -0.15) is 0 Å². The van der Waals surface area contributed by atoms with Gasteiger partial charge in [-0.15, -0.1) is 0 Å². The quantitative estimate of drug-likeness (QED) is 0.343. The zero-order valence-electron chi connectivity index (χ0n) is 17.9. The summed E-state index contributed by atoms with van der Waals surface area (Å²) in [6.07, 6.45) is 9.58. The number of aromatic nitrogens is 4. The summed E-state index contributed by atoms with van der Waals surface area (Å²) in [6.45, 7) is 4.14. The second-order valence-electron chi connectivity index (χ2n) is 9.17. The lowest BCUT2D eigenvalue weighted by molar-refractivity contribution is 0.247. The number of rotatable bonds is 4. The van der Waals surface area contributed by atoms with E-state index in [1.807, 2.05) is 11.5 Å². The van der Waals surface area contributed by atoms with Crippen molar-refractivity contribution < 1.29 is 9.09 Å². The summed E-state index contributed by atoms with van der Waals surface area (Å²) >= 11 is 6.12. The highest BCUT2D eigenvalue weighted by molar-refractivity contribution is 7.60. The Bertz CT molecular complexity index is 1120. The number of benzene rings is 1. The van der Waals surface area contributed by atoms with Crippen LogP contribution < -0.4 is 0 Å². The first-order valence-corrected chi connectivity index (χ1v) is 13.4. The summed E-state index contributed by atoms with van der Waals surface area (Å²) in [5.74, 6) is 1.08. The van der Waals surface area contributed by atoms with Crippen LogP contribution in [0.4, 0.5) is 0 Å². The first-order chi connectivity index (χ1) is 14.9. The van der Waals surface area contributed by atoms with Crippen LogP contribution in [0.15, 0.2) is 36.9 Å². The molecule has 0 bridgehead atoms. The molecule has 1 aromatic carbocycles.